The third kappa shape index (κ3) is 3.13. The molecule has 0 aliphatic heterocycles. The summed E-state index contributed by atoms with van der Waals surface area (Å²) in [6.07, 6.45) is 1.80. The number of para-hydroxylation sites is 1. The highest BCUT2D eigenvalue weighted by molar-refractivity contribution is 9.10. The van der Waals surface area contributed by atoms with E-state index in [2.05, 4.69) is 37.3 Å². The topological polar surface area (TPSA) is 47.0 Å². The number of anilines is 1. The first kappa shape index (κ1) is 13.8. The molecule has 1 aromatic carbocycles. The molecule has 21 heavy (non-hydrogen) atoms. The summed E-state index contributed by atoms with van der Waals surface area (Å²) in [5, 5.41) is 4.47. The number of nitrogens with one attached hydrogen (secondary N) is 1. The van der Waals surface area contributed by atoms with Crippen LogP contribution < -0.4 is 10.1 Å². The van der Waals surface area contributed by atoms with Crippen molar-refractivity contribution in [2.24, 2.45) is 0 Å². The van der Waals surface area contributed by atoms with Gasteiger partial charge in [-0.25, -0.2) is 4.98 Å². The molecule has 0 atom stereocenters. The SMILES string of the molecule is COc1cccc(CNc2cccc3cc(Br)cnc23)n1. The van der Waals surface area contributed by atoms with Crippen molar-refractivity contribution in [1.29, 1.82) is 0 Å². The first-order valence-corrected chi connectivity index (χ1v) is 7.33. The molecule has 0 radical (unpaired) electrons. The molecule has 0 aliphatic carbocycles. The van der Waals surface area contributed by atoms with Gasteiger partial charge in [-0.3, -0.25) is 4.98 Å². The summed E-state index contributed by atoms with van der Waals surface area (Å²) >= 11 is 3.44. The second kappa shape index (κ2) is 6.10. The Hall–Kier alpha value is -2.14. The van der Waals surface area contributed by atoms with Crippen LogP contribution in [0.5, 0.6) is 5.88 Å². The molecule has 1 N–H and O–H groups in total. The first-order chi connectivity index (χ1) is 10.3. The Morgan fingerprint density at radius 3 is 2.90 bits per heavy atom. The normalized spacial score (nSPS) is 10.6. The van der Waals surface area contributed by atoms with Gasteiger partial charge < -0.3 is 10.1 Å². The first-order valence-electron chi connectivity index (χ1n) is 6.54. The van der Waals surface area contributed by atoms with Gasteiger partial charge >= 0.3 is 0 Å². The van der Waals surface area contributed by atoms with Crippen molar-refractivity contribution in [2.75, 3.05) is 12.4 Å². The Morgan fingerprint density at radius 2 is 2.05 bits per heavy atom. The van der Waals surface area contributed by atoms with Crippen LogP contribution in [-0.4, -0.2) is 17.1 Å². The predicted octanol–water partition coefficient (Wildman–Crippen LogP) is 4.01. The minimum absolute atomic E-state index is 0.619. The summed E-state index contributed by atoms with van der Waals surface area (Å²) < 4.78 is 6.11. The summed E-state index contributed by atoms with van der Waals surface area (Å²) in [5.41, 5.74) is 2.86. The Bertz CT molecular complexity index is 776. The van der Waals surface area contributed by atoms with Crippen molar-refractivity contribution >= 4 is 32.5 Å². The lowest BCUT2D eigenvalue weighted by molar-refractivity contribution is 0.396. The van der Waals surface area contributed by atoms with Crippen LogP contribution >= 0.6 is 15.9 Å². The molecule has 5 heteroatoms. The van der Waals surface area contributed by atoms with Crippen molar-refractivity contribution in [3.8, 4) is 5.88 Å². The zero-order valence-electron chi connectivity index (χ0n) is 11.5. The molecule has 0 amide bonds. The average Bonchev–Trinajstić information content (AvgIpc) is 2.52. The van der Waals surface area contributed by atoms with E-state index in [0.29, 0.717) is 12.4 Å². The quantitative estimate of drug-likeness (QED) is 0.777. The number of hydrogen-bond acceptors (Lipinski definition) is 4. The minimum atomic E-state index is 0.619. The van der Waals surface area contributed by atoms with Gasteiger partial charge in [0.15, 0.2) is 0 Å². The highest BCUT2D eigenvalue weighted by Crippen LogP contribution is 2.24. The maximum atomic E-state index is 5.13. The Balaban J connectivity index is 1.84. The number of aromatic nitrogens is 2. The van der Waals surface area contributed by atoms with E-state index in [1.165, 1.54) is 0 Å². The molecule has 2 aromatic heterocycles. The number of methoxy groups -OCH3 is 1. The highest BCUT2D eigenvalue weighted by Gasteiger charge is 2.04. The monoisotopic (exact) mass is 343 g/mol. The summed E-state index contributed by atoms with van der Waals surface area (Å²) in [7, 11) is 1.62. The van der Waals surface area contributed by atoms with E-state index in [4.69, 9.17) is 4.74 Å². The number of fused-ring (bicyclic) bond motifs is 1. The number of halogens is 1. The molecule has 4 nitrogen and oxygen atoms in total. The largest absolute Gasteiger partial charge is 0.481 e. The summed E-state index contributed by atoms with van der Waals surface area (Å²) in [6, 6.07) is 13.9. The molecule has 3 rings (SSSR count). The molecule has 0 saturated heterocycles. The van der Waals surface area contributed by atoms with Crippen LogP contribution in [0.15, 0.2) is 53.1 Å². The van der Waals surface area contributed by atoms with Gasteiger partial charge in [0.2, 0.25) is 5.88 Å². The highest BCUT2D eigenvalue weighted by atomic mass is 79.9. The third-order valence-electron chi connectivity index (χ3n) is 3.13. The Morgan fingerprint density at radius 1 is 1.19 bits per heavy atom. The van der Waals surface area contributed by atoms with E-state index in [0.717, 1.165) is 26.8 Å². The lowest BCUT2D eigenvalue weighted by Gasteiger charge is -2.09. The smallest absolute Gasteiger partial charge is 0.213 e. The number of nitrogens with zero attached hydrogens (tertiary/aromatic N) is 2. The van der Waals surface area contributed by atoms with E-state index in [9.17, 15) is 0 Å². The molecule has 0 aliphatic rings. The fourth-order valence-corrected chi connectivity index (χ4v) is 2.48. The lowest BCUT2D eigenvalue weighted by Crippen LogP contribution is -2.03. The van der Waals surface area contributed by atoms with Crippen LogP contribution in [0.1, 0.15) is 5.69 Å². The van der Waals surface area contributed by atoms with Gasteiger partial charge in [0.05, 0.1) is 30.6 Å². The number of ether oxygens (including phenoxy) is 1. The summed E-state index contributed by atoms with van der Waals surface area (Å²) in [4.78, 5) is 8.86. The van der Waals surface area contributed by atoms with E-state index in [-0.39, 0.29) is 0 Å². The molecular formula is C16H14BrN3O. The van der Waals surface area contributed by atoms with Crippen LogP contribution in [0.3, 0.4) is 0 Å². The fraction of sp³-hybridized carbons (Fsp3) is 0.125. The van der Waals surface area contributed by atoms with E-state index >= 15 is 0 Å². The van der Waals surface area contributed by atoms with Crippen LogP contribution in [0.25, 0.3) is 10.9 Å². The molecular weight excluding hydrogens is 330 g/mol. The van der Waals surface area contributed by atoms with Crippen LogP contribution in [0, 0.1) is 0 Å². The molecule has 0 spiro atoms. The zero-order chi connectivity index (χ0) is 14.7. The van der Waals surface area contributed by atoms with Crippen LogP contribution in [-0.2, 0) is 6.54 Å². The number of hydrogen-bond donors (Lipinski definition) is 1. The average molecular weight is 344 g/mol. The van der Waals surface area contributed by atoms with Gasteiger partial charge in [0, 0.05) is 22.1 Å². The van der Waals surface area contributed by atoms with Crippen LogP contribution in [0.2, 0.25) is 0 Å². The van der Waals surface area contributed by atoms with Crippen molar-refractivity contribution in [3.05, 3.63) is 58.8 Å². The molecule has 0 fully saturated rings. The molecule has 0 unspecified atom stereocenters. The van der Waals surface area contributed by atoms with Gasteiger partial charge in [-0.15, -0.1) is 0 Å². The van der Waals surface area contributed by atoms with Gasteiger partial charge in [0.25, 0.3) is 0 Å². The molecule has 0 bridgehead atoms. The van der Waals surface area contributed by atoms with Crippen molar-refractivity contribution < 1.29 is 4.74 Å². The molecule has 3 aromatic rings. The lowest BCUT2D eigenvalue weighted by atomic mass is 10.2. The second-order valence-corrected chi connectivity index (χ2v) is 5.47. The number of benzene rings is 1. The summed E-state index contributed by atoms with van der Waals surface area (Å²) in [5.74, 6) is 0.620. The van der Waals surface area contributed by atoms with Crippen molar-refractivity contribution in [1.82, 2.24) is 9.97 Å². The standard InChI is InChI=1S/C16H14BrN3O/c1-21-15-7-3-5-13(20-15)10-18-14-6-2-4-11-8-12(17)9-19-16(11)14/h2-9,18H,10H2,1H3. The zero-order valence-corrected chi connectivity index (χ0v) is 13.1. The molecule has 106 valence electrons. The van der Waals surface area contributed by atoms with Crippen molar-refractivity contribution in [2.45, 2.75) is 6.54 Å². The van der Waals surface area contributed by atoms with E-state index in [1.54, 1.807) is 13.3 Å². The third-order valence-corrected chi connectivity index (χ3v) is 3.56. The Labute approximate surface area is 131 Å². The second-order valence-electron chi connectivity index (χ2n) is 4.56. The predicted molar refractivity (Wildman–Crippen MR) is 87.6 cm³/mol. The van der Waals surface area contributed by atoms with E-state index < -0.39 is 0 Å². The maximum absolute atomic E-state index is 5.13. The maximum Gasteiger partial charge on any atom is 0.213 e. The summed E-state index contributed by atoms with van der Waals surface area (Å²) in [6.45, 7) is 0.619. The van der Waals surface area contributed by atoms with E-state index in [1.807, 2.05) is 36.4 Å². The van der Waals surface area contributed by atoms with Crippen LogP contribution in [0.4, 0.5) is 5.69 Å². The minimum Gasteiger partial charge on any atom is -0.481 e. The van der Waals surface area contributed by atoms with Gasteiger partial charge in [0.1, 0.15) is 0 Å². The van der Waals surface area contributed by atoms with Gasteiger partial charge in [-0.2, -0.15) is 0 Å². The number of rotatable bonds is 4. The van der Waals surface area contributed by atoms with Gasteiger partial charge in [-0.05, 0) is 34.1 Å². The van der Waals surface area contributed by atoms with Gasteiger partial charge in [-0.1, -0.05) is 18.2 Å². The number of pyridine rings is 2. The molecule has 2 heterocycles. The fourth-order valence-electron chi connectivity index (χ4n) is 2.13. The van der Waals surface area contributed by atoms with Crippen molar-refractivity contribution in [3.63, 3.8) is 0 Å². The Kier molecular flexibility index (Phi) is 4.01. The molecule has 0 saturated carbocycles.